The lowest BCUT2D eigenvalue weighted by atomic mass is 10.1. The Balaban J connectivity index is 1.48. The third-order valence-electron chi connectivity index (χ3n) is 5.28. The van der Waals surface area contributed by atoms with Gasteiger partial charge in [-0.15, -0.1) is 0 Å². The number of aromatic amines is 1. The molecule has 0 saturated carbocycles. The zero-order chi connectivity index (χ0) is 22.8. The molecule has 1 amide bonds. The summed E-state index contributed by atoms with van der Waals surface area (Å²) >= 11 is 0. The van der Waals surface area contributed by atoms with Crippen LogP contribution in [0, 0.1) is 5.82 Å². The van der Waals surface area contributed by atoms with Crippen LogP contribution in [0.1, 0.15) is 16.1 Å². The third-order valence-corrected chi connectivity index (χ3v) is 5.28. The van der Waals surface area contributed by atoms with Crippen LogP contribution in [0.5, 0.6) is 0 Å². The molecule has 33 heavy (non-hydrogen) atoms. The first-order valence-electron chi connectivity index (χ1n) is 10.3. The summed E-state index contributed by atoms with van der Waals surface area (Å²) in [4.78, 5) is 24.9. The van der Waals surface area contributed by atoms with Crippen molar-refractivity contribution >= 4 is 16.7 Å². The molecule has 0 aliphatic heterocycles. The van der Waals surface area contributed by atoms with Crippen molar-refractivity contribution in [1.82, 2.24) is 25.3 Å². The van der Waals surface area contributed by atoms with Crippen molar-refractivity contribution in [3.63, 3.8) is 0 Å². The van der Waals surface area contributed by atoms with Gasteiger partial charge in [-0.05, 0) is 42.5 Å². The number of nitrogens with zero attached hydrogens (tertiary/aromatic N) is 3. The van der Waals surface area contributed by atoms with Gasteiger partial charge >= 0.3 is 0 Å². The minimum absolute atomic E-state index is 0.129. The van der Waals surface area contributed by atoms with Gasteiger partial charge < -0.3 is 5.32 Å². The molecule has 3 aromatic carbocycles. The van der Waals surface area contributed by atoms with Crippen LogP contribution in [-0.4, -0.2) is 25.9 Å². The average molecular weight is 439 g/mol. The average Bonchev–Trinajstić information content (AvgIpc) is 3.28. The SMILES string of the molecule is O=C(NCc1cn(-c2ccccc2)nc1-c1ccc(F)cc1)c1n[nH]c(=O)c2ccccc12. The normalized spacial score (nSPS) is 10.9. The second kappa shape index (κ2) is 8.51. The van der Waals surface area contributed by atoms with Crippen molar-refractivity contribution in [3.05, 3.63) is 112 Å². The van der Waals surface area contributed by atoms with Crippen molar-refractivity contribution in [2.75, 3.05) is 0 Å². The number of rotatable bonds is 5. The highest BCUT2D eigenvalue weighted by Gasteiger charge is 2.17. The minimum Gasteiger partial charge on any atom is -0.346 e. The molecular formula is C25H18FN5O2. The first-order valence-corrected chi connectivity index (χ1v) is 10.3. The van der Waals surface area contributed by atoms with Gasteiger partial charge in [0.05, 0.1) is 16.8 Å². The zero-order valence-electron chi connectivity index (χ0n) is 17.3. The minimum atomic E-state index is -0.431. The molecule has 162 valence electrons. The number of carbonyl (C=O) groups is 1. The Morgan fingerprint density at radius 2 is 1.64 bits per heavy atom. The van der Waals surface area contributed by atoms with Crippen molar-refractivity contribution in [2.24, 2.45) is 0 Å². The number of amides is 1. The van der Waals surface area contributed by atoms with E-state index in [0.717, 1.165) is 16.8 Å². The summed E-state index contributed by atoms with van der Waals surface area (Å²) in [6.07, 6.45) is 1.83. The van der Waals surface area contributed by atoms with Crippen LogP contribution in [0.4, 0.5) is 4.39 Å². The quantitative estimate of drug-likeness (QED) is 0.435. The zero-order valence-corrected chi connectivity index (χ0v) is 17.3. The molecule has 7 nitrogen and oxygen atoms in total. The molecule has 0 bridgehead atoms. The second-order valence-electron chi connectivity index (χ2n) is 7.42. The summed E-state index contributed by atoms with van der Waals surface area (Å²) in [5, 5.41) is 14.7. The lowest BCUT2D eigenvalue weighted by molar-refractivity contribution is 0.0947. The number of fused-ring (bicyclic) bond motifs is 1. The highest BCUT2D eigenvalue weighted by Crippen LogP contribution is 2.24. The van der Waals surface area contributed by atoms with Crippen LogP contribution in [-0.2, 0) is 6.54 Å². The standard InChI is InChI=1S/C25H18FN5O2/c26-18-12-10-16(11-13-18)22-17(15-31(30-22)19-6-2-1-3-7-19)14-27-25(33)23-20-8-4-5-9-21(20)24(32)29-28-23/h1-13,15H,14H2,(H,27,33)(H,29,32). The van der Waals surface area contributed by atoms with Crippen LogP contribution >= 0.6 is 0 Å². The fourth-order valence-electron chi connectivity index (χ4n) is 3.65. The predicted molar refractivity (Wildman–Crippen MR) is 122 cm³/mol. The van der Waals surface area contributed by atoms with E-state index in [1.807, 2.05) is 36.5 Å². The van der Waals surface area contributed by atoms with E-state index in [0.29, 0.717) is 16.5 Å². The van der Waals surface area contributed by atoms with Gasteiger partial charge in [0.15, 0.2) is 5.69 Å². The second-order valence-corrected chi connectivity index (χ2v) is 7.42. The highest BCUT2D eigenvalue weighted by atomic mass is 19.1. The van der Waals surface area contributed by atoms with Crippen LogP contribution < -0.4 is 10.9 Å². The highest BCUT2D eigenvalue weighted by molar-refractivity contribution is 6.04. The fourth-order valence-corrected chi connectivity index (χ4v) is 3.65. The van der Waals surface area contributed by atoms with E-state index >= 15 is 0 Å². The maximum Gasteiger partial charge on any atom is 0.272 e. The Morgan fingerprint density at radius 3 is 2.39 bits per heavy atom. The van der Waals surface area contributed by atoms with Crippen molar-refractivity contribution in [3.8, 4) is 16.9 Å². The molecule has 0 aliphatic rings. The van der Waals surface area contributed by atoms with Crippen LogP contribution in [0.3, 0.4) is 0 Å². The van der Waals surface area contributed by atoms with E-state index in [1.165, 1.54) is 12.1 Å². The summed E-state index contributed by atoms with van der Waals surface area (Å²) in [7, 11) is 0. The van der Waals surface area contributed by atoms with Crippen LogP contribution in [0.25, 0.3) is 27.7 Å². The number of H-pyrrole nitrogens is 1. The van der Waals surface area contributed by atoms with Gasteiger partial charge in [-0.2, -0.15) is 10.2 Å². The molecule has 0 fully saturated rings. The Labute approximate surface area is 187 Å². The molecule has 2 aromatic heterocycles. The summed E-state index contributed by atoms with van der Waals surface area (Å²) in [6, 6.07) is 22.4. The van der Waals surface area contributed by atoms with E-state index in [9.17, 15) is 14.0 Å². The number of para-hydroxylation sites is 1. The summed E-state index contributed by atoms with van der Waals surface area (Å²) in [5.41, 5.74) is 2.72. The Kier molecular flexibility index (Phi) is 5.24. The number of carbonyl (C=O) groups excluding carboxylic acids is 1. The van der Waals surface area contributed by atoms with Gasteiger partial charge in [0.1, 0.15) is 5.82 Å². The van der Waals surface area contributed by atoms with Gasteiger partial charge in [-0.25, -0.2) is 14.2 Å². The molecule has 0 spiro atoms. The summed E-state index contributed by atoms with van der Waals surface area (Å²) in [5.74, 6) is -0.771. The molecule has 0 unspecified atom stereocenters. The van der Waals surface area contributed by atoms with E-state index < -0.39 is 5.91 Å². The van der Waals surface area contributed by atoms with Crippen molar-refractivity contribution < 1.29 is 9.18 Å². The summed E-state index contributed by atoms with van der Waals surface area (Å²) in [6.45, 7) is 0.160. The maximum absolute atomic E-state index is 13.5. The van der Waals surface area contributed by atoms with Gasteiger partial charge in [0, 0.05) is 29.3 Å². The van der Waals surface area contributed by atoms with E-state index in [1.54, 1.807) is 41.1 Å². The summed E-state index contributed by atoms with van der Waals surface area (Å²) < 4.78 is 15.2. The van der Waals surface area contributed by atoms with Crippen LogP contribution in [0.2, 0.25) is 0 Å². The van der Waals surface area contributed by atoms with Crippen LogP contribution in [0.15, 0.2) is 89.9 Å². The number of hydrogen-bond acceptors (Lipinski definition) is 4. The molecule has 8 heteroatoms. The number of hydrogen-bond donors (Lipinski definition) is 2. The monoisotopic (exact) mass is 439 g/mol. The largest absolute Gasteiger partial charge is 0.346 e. The van der Waals surface area contributed by atoms with E-state index in [2.05, 4.69) is 20.6 Å². The predicted octanol–water partition coefficient (Wildman–Crippen LogP) is 3.84. The van der Waals surface area contributed by atoms with Crippen molar-refractivity contribution in [1.29, 1.82) is 0 Å². The Hall–Kier alpha value is -4.59. The molecule has 2 heterocycles. The van der Waals surface area contributed by atoms with Gasteiger partial charge in [0.25, 0.3) is 11.5 Å². The van der Waals surface area contributed by atoms with Gasteiger partial charge in [0.2, 0.25) is 0 Å². The Morgan fingerprint density at radius 1 is 0.939 bits per heavy atom. The van der Waals surface area contributed by atoms with Crippen molar-refractivity contribution in [2.45, 2.75) is 6.54 Å². The van der Waals surface area contributed by atoms with Gasteiger partial charge in [-0.1, -0.05) is 36.4 Å². The number of halogens is 1. The molecule has 0 saturated heterocycles. The molecule has 5 rings (SSSR count). The first kappa shape index (κ1) is 20.3. The van der Waals surface area contributed by atoms with E-state index in [4.69, 9.17) is 0 Å². The number of aromatic nitrogens is 4. The van der Waals surface area contributed by atoms with E-state index in [-0.39, 0.29) is 23.6 Å². The lowest BCUT2D eigenvalue weighted by Gasteiger charge is -2.07. The molecule has 5 aromatic rings. The third kappa shape index (κ3) is 4.01. The molecule has 0 atom stereocenters. The smallest absolute Gasteiger partial charge is 0.272 e. The van der Waals surface area contributed by atoms with Gasteiger partial charge in [-0.3, -0.25) is 9.59 Å². The number of nitrogens with one attached hydrogen (secondary N) is 2. The Bertz CT molecular complexity index is 1510. The molecule has 2 N–H and O–H groups in total. The number of benzene rings is 3. The lowest BCUT2D eigenvalue weighted by Crippen LogP contribution is -2.26. The fraction of sp³-hybridized carbons (Fsp3) is 0.0400. The first-order chi connectivity index (χ1) is 16.1. The molecule has 0 radical (unpaired) electrons. The maximum atomic E-state index is 13.5. The molecule has 0 aliphatic carbocycles. The topological polar surface area (TPSA) is 92.7 Å². The molecular weight excluding hydrogens is 421 g/mol.